The van der Waals surface area contributed by atoms with Gasteiger partial charge in [0, 0.05) is 11.1 Å². The zero-order valence-electron chi connectivity index (χ0n) is 21.2. The predicted molar refractivity (Wildman–Crippen MR) is 145 cm³/mol. The van der Waals surface area contributed by atoms with Crippen molar-refractivity contribution in [3.05, 3.63) is 119 Å². The van der Waals surface area contributed by atoms with Crippen molar-refractivity contribution in [1.82, 2.24) is 0 Å². The van der Waals surface area contributed by atoms with E-state index in [2.05, 4.69) is 13.8 Å². The fourth-order valence-electron chi connectivity index (χ4n) is 4.06. The molecule has 3 nitrogen and oxygen atoms in total. The number of aryl methyl sites for hydroxylation is 2. The summed E-state index contributed by atoms with van der Waals surface area (Å²) < 4.78 is 28.0. The number of aliphatic hydroxyl groups is 1. The topological polar surface area (TPSA) is 57.5 Å². The fraction of sp³-hybridized carbons (Fsp3) is 0.219. The maximum atomic E-state index is 14.0. The summed E-state index contributed by atoms with van der Waals surface area (Å²) in [6.07, 6.45) is 3.76. The van der Waals surface area contributed by atoms with E-state index in [1.807, 2.05) is 42.5 Å². The van der Waals surface area contributed by atoms with Gasteiger partial charge in [0.15, 0.2) is 0 Å². The Bertz CT molecular complexity index is 1310. The van der Waals surface area contributed by atoms with Crippen LogP contribution in [0.25, 0.3) is 22.3 Å². The number of carboxylic acid groups (broad SMARTS) is 1. The molecule has 5 heteroatoms. The van der Waals surface area contributed by atoms with E-state index in [4.69, 9.17) is 10.2 Å². The molecule has 0 heterocycles. The lowest BCUT2D eigenvalue weighted by molar-refractivity contribution is 0.0697. The minimum atomic E-state index is -0.981. The molecule has 0 saturated carbocycles. The van der Waals surface area contributed by atoms with Crippen molar-refractivity contribution in [1.29, 1.82) is 0 Å². The summed E-state index contributed by atoms with van der Waals surface area (Å²) in [5.74, 6) is -1.43. The zero-order chi connectivity index (χ0) is 26.8. The number of carboxylic acids is 1. The number of rotatable bonds is 8. The van der Waals surface area contributed by atoms with Crippen LogP contribution in [0.5, 0.6) is 0 Å². The molecule has 0 aliphatic rings. The molecule has 0 fully saturated rings. The molecule has 192 valence electrons. The van der Waals surface area contributed by atoms with E-state index in [9.17, 15) is 13.6 Å². The smallest absolute Gasteiger partial charge is 0.335 e. The van der Waals surface area contributed by atoms with E-state index in [1.54, 1.807) is 30.3 Å². The number of hydrogen-bond acceptors (Lipinski definition) is 2. The van der Waals surface area contributed by atoms with Gasteiger partial charge in [0.25, 0.3) is 0 Å². The lowest BCUT2D eigenvalue weighted by Gasteiger charge is -2.06. The predicted octanol–water partition coefficient (Wildman–Crippen LogP) is 8.08. The third-order valence-corrected chi connectivity index (χ3v) is 6.03. The Hall–Kier alpha value is -3.83. The molecule has 0 aromatic heterocycles. The van der Waals surface area contributed by atoms with Crippen LogP contribution in [0.2, 0.25) is 0 Å². The van der Waals surface area contributed by atoms with Gasteiger partial charge in [-0.15, -0.1) is 0 Å². The molecule has 4 aromatic carbocycles. The Morgan fingerprint density at radius 3 is 1.41 bits per heavy atom. The second kappa shape index (κ2) is 13.5. The summed E-state index contributed by atoms with van der Waals surface area (Å²) in [5.41, 5.74) is 5.68. The molecule has 0 amide bonds. The summed E-state index contributed by atoms with van der Waals surface area (Å²) >= 11 is 0. The van der Waals surface area contributed by atoms with Gasteiger partial charge in [0.1, 0.15) is 11.6 Å². The molecular formula is C32H32F2O3. The van der Waals surface area contributed by atoms with E-state index < -0.39 is 5.97 Å². The van der Waals surface area contributed by atoms with Crippen LogP contribution >= 0.6 is 0 Å². The van der Waals surface area contributed by atoms with Crippen molar-refractivity contribution < 1.29 is 23.8 Å². The number of aromatic carboxylic acids is 1. The first kappa shape index (κ1) is 27.8. The standard InChI is InChI=1S/C16H15FO2.C16H17FO/c1-2-3-11-4-9-14(15(17)10-11)12-5-7-13(8-6-12)16(18)19;1-2-3-12-6-9-15(16(17)10-12)14-7-4-13(11-18)5-8-14/h4-10H,2-3H2,1H3,(H,18,19);4-10,18H,2-3,11H2,1H3. The van der Waals surface area contributed by atoms with Gasteiger partial charge in [-0.3, -0.25) is 0 Å². The second-order valence-corrected chi connectivity index (χ2v) is 8.87. The average Bonchev–Trinajstić information content (AvgIpc) is 2.90. The Morgan fingerprint density at radius 1 is 0.649 bits per heavy atom. The minimum Gasteiger partial charge on any atom is -0.478 e. The number of aliphatic hydroxyl groups excluding tert-OH is 1. The SMILES string of the molecule is CCCc1ccc(-c2ccc(C(=O)O)cc2)c(F)c1.CCCc1ccc(-c2ccc(CO)cc2)c(F)c1. The molecule has 0 saturated heterocycles. The number of halogens is 2. The van der Waals surface area contributed by atoms with Crippen LogP contribution in [-0.2, 0) is 19.4 Å². The number of benzene rings is 4. The normalized spacial score (nSPS) is 10.5. The van der Waals surface area contributed by atoms with Gasteiger partial charge in [-0.05, 0) is 64.9 Å². The molecule has 0 aliphatic carbocycles. The van der Waals surface area contributed by atoms with E-state index in [-0.39, 0.29) is 23.8 Å². The third-order valence-electron chi connectivity index (χ3n) is 6.03. The highest BCUT2D eigenvalue weighted by atomic mass is 19.1. The molecule has 4 rings (SSSR count). The Kier molecular flexibility index (Phi) is 10.1. The van der Waals surface area contributed by atoms with E-state index in [1.165, 1.54) is 12.1 Å². The molecule has 0 aliphatic heterocycles. The van der Waals surface area contributed by atoms with Crippen LogP contribution in [0.3, 0.4) is 0 Å². The van der Waals surface area contributed by atoms with Gasteiger partial charge in [0.05, 0.1) is 12.2 Å². The first-order valence-corrected chi connectivity index (χ1v) is 12.5. The van der Waals surface area contributed by atoms with Gasteiger partial charge >= 0.3 is 5.97 Å². The first-order valence-electron chi connectivity index (χ1n) is 12.5. The van der Waals surface area contributed by atoms with E-state index >= 15 is 0 Å². The maximum absolute atomic E-state index is 14.0. The van der Waals surface area contributed by atoms with Crippen molar-refractivity contribution in [3.8, 4) is 22.3 Å². The summed E-state index contributed by atoms with van der Waals surface area (Å²) in [7, 11) is 0. The summed E-state index contributed by atoms with van der Waals surface area (Å²) in [4.78, 5) is 10.8. The number of carbonyl (C=O) groups is 1. The highest BCUT2D eigenvalue weighted by molar-refractivity contribution is 5.88. The highest BCUT2D eigenvalue weighted by Crippen LogP contribution is 2.25. The third kappa shape index (κ3) is 7.58. The first-order chi connectivity index (χ1) is 17.9. The Labute approximate surface area is 217 Å². The minimum absolute atomic E-state index is 0.0121. The van der Waals surface area contributed by atoms with Crippen LogP contribution in [-0.4, -0.2) is 16.2 Å². The van der Waals surface area contributed by atoms with Crippen molar-refractivity contribution in [2.75, 3.05) is 0 Å². The molecule has 4 aromatic rings. The largest absolute Gasteiger partial charge is 0.478 e. The van der Waals surface area contributed by atoms with Crippen LogP contribution < -0.4 is 0 Å². The van der Waals surface area contributed by atoms with Crippen LogP contribution in [0.4, 0.5) is 8.78 Å². The molecule has 0 radical (unpaired) electrons. The molecule has 0 unspecified atom stereocenters. The quantitative estimate of drug-likeness (QED) is 0.256. The zero-order valence-corrected chi connectivity index (χ0v) is 21.2. The van der Waals surface area contributed by atoms with Gasteiger partial charge in [-0.1, -0.05) is 87.4 Å². The second-order valence-electron chi connectivity index (χ2n) is 8.87. The summed E-state index contributed by atoms with van der Waals surface area (Å²) in [6, 6.07) is 24.1. The highest BCUT2D eigenvalue weighted by Gasteiger charge is 2.08. The molecule has 0 spiro atoms. The summed E-state index contributed by atoms with van der Waals surface area (Å²) in [5, 5.41) is 17.8. The number of hydrogen-bond donors (Lipinski definition) is 2. The van der Waals surface area contributed by atoms with Crippen LogP contribution in [0.1, 0.15) is 53.7 Å². The van der Waals surface area contributed by atoms with Crippen molar-refractivity contribution in [2.45, 2.75) is 46.1 Å². The monoisotopic (exact) mass is 502 g/mol. The van der Waals surface area contributed by atoms with E-state index in [0.29, 0.717) is 16.7 Å². The maximum Gasteiger partial charge on any atom is 0.335 e. The molecule has 2 N–H and O–H groups in total. The van der Waals surface area contributed by atoms with Crippen LogP contribution in [0.15, 0.2) is 84.9 Å². The Balaban J connectivity index is 0.000000206. The molecular weight excluding hydrogens is 470 g/mol. The van der Waals surface area contributed by atoms with Gasteiger partial charge in [-0.25, -0.2) is 13.6 Å². The van der Waals surface area contributed by atoms with Gasteiger partial charge in [-0.2, -0.15) is 0 Å². The summed E-state index contributed by atoms with van der Waals surface area (Å²) in [6.45, 7) is 4.15. The van der Waals surface area contributed by atoms with Crippen molar-refractivity contribution in [2.24, 2.45) is 0 Å². The lowest BCUT2D eigenvalue weighted by atomic mass is 10.0. The van der Waals surface area contributed by atoms with Gasteiger partial charge < -0.3 is 10.2 Å². The van der Waals surface area contributed by atoms with E-state index in [0.717, 1.165) is 47.9 Å². The van der Waals surface area contributed by atoms with Crippen molar-refractivity contribution in [3.63, 3.8) is 0 Å². The molecule has 37 heavy (non-hydrogen) atoms. The average molecular weight is 503 g/mol. The fourth-order valence-corrected chi connectivity index (χ4v) is 4.06. The Morgan fingerprint density at radius 2 is 1.05 bits per heavy atom. The van der Waals surface area contributed by atoms with Crippen LogP contribution in [0, 0.1) is 11.6 Å². The molecule has 0 atom stereocenters. The molecule has 0 bridgehead atoms. The lowest BCUT2D eigenvalue weighted by Crippen LogP contribution is -1.95. The van der Waals surface area contributed by atoms with Gasteiger partial charge in [0.2, 0.25) is 0 Å². The van der Waals surface area contributed by atoms with Crippen molar-refractivity contribution >= 4 is 5.97 Å².